The molecule has 3 atom stereocenters. The van der Waals surface area contributed by atoms with E-state index in [1.165, 1.54) is 0 Å². The minimum Gasteiger partial charge on any atom is -0.300 e. The molecule has 1 unspecified atom stereocenters. The number of rotatable bonds is 1. The van der Waals surface area contributed by atoms with Gasteiger partial charge in [-0.3, -0.25) is 4.79 Å². The van der Waals surface area contributed by atoms with Gasteiger partial charge in [-0.15, -0.1) is 0 Å². The van der Waals surface area contributed by atoms with Gasteiger partial charge in [-0.1, -0.05) is 6.92 Å². The molecule has 1 fully saturated rings. The van der Waals surface area contributed by atoms with Crippen LogP contribution in [0.3, 0.4) is 0 Å². The lowest BCUT2D eigenvalue weighted by atomic mass is 10.0. The number of ketones is 1. The van der Waals surface area contributed by atoms with Crippen molar-refractivity contribution >= 4 is 18.4 Å². The van der Waals surface area contributed by atoms with E-state index < -0.39 is 0 Å². The molecule has 0 aromatic rings. The predicted octanol–water partition coefficient (Wildman–Crippen LogP) is 1.92. The fourth-order valence-corrected chi connectivity index (χ4v) is 2.39. The normalized spacial score (nSPS) is 40.1. The van der Waals surface area contributed by atoms with Crippen LogP contribution >= 0.6 is 12.6 Å². The van der Waals surface area contributed by atoms with Crippen LogP contribution in [0.2, 0.25) is 0 Å². The van der Waals surface area contributed by atoms with Crippen LogP contribution in [0.25, 0.3) is 0 Å². The molecular weight excluding hydrogens is 144 g/mol. The Balaban J connectivity index is 2.54. The molecule has 0 aromatic heterocycles. The summed E-state index contributed by atoms with van der Waals surface area (Å²) in [7, 11) is 0. The van der Waals surface area contributed by atoms with E-state index in [1.807, 2.05) is 0 Å². The molecule has 0 aromatic carbocycles. The van der Waals surface area contributed by atoms with Crippen molar-refractivity contribution in [3.05, 3.63) is 0 Å². The Kier molecular flexibility index (Phi) is 2.40. The number of Topliss-reactive ketones (excluding diaryl/α,β-unsaturated/α-hetero) is 1. The fraction of sp³-hybridized carbons (Fsp3) is 0.875. The average molecular weight is 158 g/mol. The molecular formula is C8H14OS. The molecule has 2 heteroatoms. The molecule has 1 saturated carbocycles. The van der Waals surface area contributed by atoms with E-state index in [0.29, 0.717) is 17.0 Å². The molecule has 1 aliphatic carbocycles. The van der Waals surface area contributed by atoms with Crippen LogP contribution in [0.5, 0.6) is 0 Å². The SMILES string of the molecule is CC(=O)C1C[C@H](C)C[C@@H]1S. The molecule has 0 radical (unpaired) electrons. The number of hydrogen-bond acceptors (Lipinski definition) is 2. The maximum absolute atomic E-state index is 11.0. The molecule has 1 rings (SSSR count). The van der Waals surface area contributed by atoms with Gasteiger partial charge in [0.05, 0.1) is 0 Å². The van der Waals surface area contributed by atoms with E-state index in [1.54, 1.807) is 6.92 Å². The molecule has 0 saturated heterocycles. The second-order valence-electron chi connectivity index (χ2n) is 3.36. The quantitative estimate of drug-likeness (QED) is 0.577. The largest absolute Gasteiger partial charge is 0.300 e. The van der Waals surface area contributed by atoms with Crippen molar-refractivity contribution in [2.45, 2.75) is 31.9 Å². The topological polar surface area (TPSA) is 17.1 Å². The summed E-state index contributed by atoms with van der Waals surface area (Å²) in [6.45, 7) is 3.86. The third-order valence-corrected chi connectivity index (χ3v) is 2.86. The Morgan fingerprint density at radius 1 is 1.50 bits per heavy atom. The highest BCUT2D eigenvalue weighted by Crippen LogP contribution is 2.34. The number of carbonyl (C=O) groups is 1. The highest BCUT2D eigenvalue weighted by atomic mass is 32.1. The summed E-state index contributed by atoms with van der Waals surface area (Å²) in [6.07, 6.45) is 2.15. The molecule has 1 aliphatic rings. The van der Waals surface area contributed by atoms with Crippen molar-refractivity contribution in [2.24, 2.45) is 11.8 Å². The van der Waals surface area contributed by atoms with Crippen LogP contribution in [0.4, 0.5) is 0 Å². The van der Waals surface area contributed by atoms with E-state index in [9.17, 15) is 4.79 Å². The summed E-state index contributed by atoms with van der Waals surface area (Å²) < 4.78 is 0. The van der Waals surface area contributed by atoms with E-state index in [2.05, 4.69) is 19.6 Å². The molecule has 0 N–H and O–H groups in total. The predicted molar refractivity (Wildman–Crippen MR) is 45.3 cm³/mol. The number of hydrogen-bond donors (Lipinski definition) is 1. The second-order valence-corrected chi connectivity index (χ2v) is 4.02. The lowest BCUT2D eigenvalue weighted by molar-refractivity contribution is -0.120. The number of thiol groups is 1. The summed E-state index contributed by atoms with van der Waals surface area (Å²) >= 11 is 4.37. The standard InChI is InChI=1S/C8H14OS/c1-5-3-7(6(2)9)8(10)4-5/h5,7-8,10H,3-4H2,1-2H3/t5-,7?,8-/m0/s1. The summed E-state index contributed by atoms with van der Waals surface area (Å²) in [6, 6.07) is 0. The van der Waals surface area contributed by atoms with Crippen molar-refractivity contribution in [1.29, 1.82) is 0 Å². The van der Waals surface area contributed by atoms with Gasteiger partial charge in [0, 0.05) is 11.2 Å². The highest BCUT2D eigenvalue weighted by molar-refractivity contribution is 7.81. The van der Waals surface area contributed by atoms with E-state index in [-0.39, 0.29) is 5.92 Å². The molecule has 0 heterocycles. The van der Waals surface area contributed by atoms with E-state index >= 15 is 0 Å². The Labute approximate surface area is 67.6 Å². The van der Waals surface area contributed by atoms with Crippen molar-refractivity contribution in [3.63, 3.8) is 0 Å². The van der Waals surface area contributed by atoms with E-state index in [0.717, 1.165) is 12.8 Å². The first-order valence-electron chi connectivity index (χ1n) is 3.79. The summed E-state index contributed by atoms with van der Waals surface area (Å²) in [5.74, 6) is 1.24. The van der Waals surface area contributed by atoms with Gasteiger partial charge in [-0.05, 0) is 25.7 Å². The van der Waals surface area contributed by atoms with Crippen LogP contribution in [0.15, 0.2) is 0 Å². The fourth-order valence-electron chi connectivity index (χ4n) is 1.70. The average Bonchev–Trinajstić information content (AvgIpc) is 2.10. The first-order valence-corrected chi connectivity index (χ1v) is 4.31. The molecule has 1 nitrogen and oxygen atoms in total. The monoisotopic (exact) mass is 158 g/mol. The smallest absolute Gasteiger partial charge is 0.134 e. The summed E-state index contributed by atoms with van der Waals surface area (Å²) in [4.78, 5) is 11.0. The molecule has 58 valence electrons. The Bertz CT molecular complexity index is 144. The van der Waals surface area contributed by atoms with Gasteiger partial charge in [0.1, 0.15) is 5.78 Å². The summed E-state index contributed by atoms with van der Waals surface area (Å²) in [5, 5.41) is 0.326. The van der Waals surface area contributed by atoms with Crippen LogP contribution in [-0.2, 0) is 4.79 Å². The minimum atomic E-state index is 0.235. The maximum atomic E-state index is 11.0. The van der Waals surface area contributed by atoms with Crippen LogP contribution < -0.4 is 0 Å². The lowest BCUT2D eigenvalue weighted by Gasteiger charge is -2.08. The zero-order chi connectivity index (χ0) is 7.72. The highest BCUT2D eigenvalue weighted by Gasteiger charge is 2.32. The Morgan fingerprint density at radius 2 is 2.10 bits per heavy atom. The Hall–Kier alpha value is 0.0200. The van der Waals surface area contributed by atoms with Gasteiger partial charge in [0.15, 0.2) is 0 Å². The van der Waals surface area contributed by atoms with E-state index in [4.69, 9.17) is 0 Å². The van der Waals surface area contributed by atoms with Gasteiger partial charge in [-0.2, -0.15) is 12.6 Å². The first kappa shape index (κ1) is 8.12. The van der Waals surface area contributed by atoms with Crippen molar-refractivity contribution in [1.82, 2.24) is 0 Å². The van der Waals surface area contributed by atoms with Crippen LogP contribution in [-0.4, -0.2) is 11.0 Å². The van der Waals surface area contributed by atoms with Gasteiger partial charge in [0.25, 0.3) is 0 Å². The van der Waals surface area contributed by atoms with Gasteiger partial charge in [0.2, 0.25) is 0 Å². The van der Waals surface area contributed by atoms with Gasteiger partial charge < -0.3 is 0 Å². The second kappa shape index (κ2) is 2.95. The van der Waals surface area contributed by atoms with Crippen molar-refractivity contribution < 1.29 is 4.79 Å². The van der Waals surface area contributed by atoms with Crippen molar-refractivity contribution in [2.75, 3.05) is 0 Å². The summed E-state index contributed by atoms with van der Waals surface area (Å²) in [5.41, 5.74) is 0. The molecule has 0 aliphatic heterocycles. The van der Waals surface area contributed by atoms with Crippen LogP contribution in [0, 0.1) is 11.8 Å². The van der Waals surface area contributed by atoms with Gasteiger partial charge in [-0.25, -0.2) is 0 Å². The van der Waals surface area contributed by atoms with Gasteiger partial charge >= 0.3 is 0 Å². The zero-order valence-corrected chi connectivity index (χ0v) is 7.40. The zero-order valence-electron chi connectivity index (χ0n) is 6.50. The number of carbonyl (C=O) groups excluding carboxylic acids is 1. The lowest BCUT2D eigenvalue weighted by Crippen LogP contribution is -2.15. The molecule has 0 bridgehead atoms. The maximum Gasteiger partial charge on any atom is 0.134 e. The Morgan fingerprint density at radius 3 is 2.30 bits per heavy atom. The minimum absolute atomic E-state index is 0.235. The molecule has 0 spiro atoms. The third kappa shape index (κ3) is 1.54. The molecule has 0 amide bonds. The van der Waals surface area contributed by atoms with Crippen molar-refractivity contribution in [3.8, 4) is 0 Å². The first-order chi connectivity index (χ1) is 4.61. The van der Waals surface area contributed by atoms with Crippen LogP contribution in [0.1, 0.15) is 26.7 Å². The third-order valence-electron chi connectivity index (χ3n) is 2.29. The molecule has 10 heavy (non-hydrogen) atoms.